The molecule has 0 spiro atoms. The van der Waals surface area contributed by atoms with Gasteiger partial charge >= 0.3 is 0 Å². The molecule has 132 valence electrons. The maximum atomic E-state index is 5.32. The highest BCUT2D eigenvalue weighted by molar-refractivity contribution is 4.93. The van der Waals surface area contributed by atoms with Crippen LogP contribution in [0.25, 0.3) is 0 Å². The van der Waals surface area contributed by atoms with Crippen LogP contribution in [-0.4, -0.2) is 69.4 Å². The van der Waals surface area contributed by atoms with Crippen LogP contribution < -0.4 is 0 Å². The van der Waals surface area contributed by atoms with Gasteiger partial charge in [-0.3, -0.25) is 9.80 Å². The number of aryl methyl sites for hydroxylation is 1. The minimum Gasteiger partial charge on any atom is -0.384 e. The SMILES string of the molecule is CCn1ccnc1CN1CCN(Cc2nc(CCOC)no2)CC1. The minimum atomic E-state index is 0.616. The van der Waals surface area contributed by atoms with E-state index in [9.17, 15) is 0 Å². The number of piperazine rings is 1. The minimum absolute atomic E-state index is 0.616. The van der Waals surface area contributed by atoms with Crippen LogP contribution in [0.4, 0.5) is 0 Å². The second kappa shape index (κ2) is 8.36. The summed E-state index contributed by atoms with van der Waals surface area (Å²) in [6.45, 7) is 9.43. The lowest BCUT2D eigenvalue weighted by molar-refractivity contribution is 0.109. The van der Waals surface area contributed by atoms with Crippen LogP contribution in [0.3, 0.4) is 0 Å². The molecule has 0 unspecified atom stereocenters. The summed E-state index contributed by atoms with van der Waals surface area (Å²) in [7, 11) is 1.67. The first-order chi connectivity index (χ1) is 11.8. The van der Waals surface area contributed by atoms with Crippen LogP contribution in [-0.2, 0) is 30.8 Å². The Morgan fingerprint density at radius 3 is 2.62 bits per heavy atom. The average molecular weight is 334 g/mol. The Morgan fingerprint density at radius 2 is 1.92 bits per heavy atom. The zero-order valence-corrected chi connectivity index (χ0v) is 14.5. The molecule has 3 heterocycles. The maximum Gasteiger partial charge on any atom is 0.240 e. The van der Waals surface area contributed by atoms with E-state index in [0.29, 0.717) is 18.9 Å². The van der Waals surface area contributed by atoms with E-state index in [2.05, 4.69) is 36.4 Å². The third-order valence-corrected chi connectivity index (χ3v) is 4.37. The van der Waals surface area contributed by atoms with Crippen molar-refractivity contribution in [3.63, 3.8) is 0 Å². The Kier molecular flexibility index (Phi) is 5.95. The third-order valence-electron chi connectivity index (χ3n) is 4.37. The molecule has 0 aromatic carbocycles. The van der Waals surface area contributed by atoms with Gasteiger partial charge in [-0.05, 0) is 6.92 Å². The van der Waals surface area contributed by atoms with E-state index >= 15 is 0 Å². The first-order valence-corrected chi connectivity index (χ1v) is 8.53. The van der Waals surface area contributed by atoms with Crippen LogP contribution >= 0.6 is 0 Å². The van der Waals surface area contributed by atoms with Crippen molar-refractivity contribution in [1.82, 2.24) is 29.5 Å². The molecule has 24 heavy (non-hydrogen) atoms. The molecule has 1 fully saturated rings. The highest BCUT2D eigenvalue weighted by Gasteiger charge is 2.20. The summed E-state index contributed by atoms with van der Waals surface area (Å²) in [5.74, 6) is 2.55. The molecule has 0 N–H and O–H groups in total. The molecule has 1 aliphatic rings. The standard InChI is InChI=1S/C16H26N6O2/c1-3-22-6-5-17-15(22)12-20-7-9-21(10-8-20)13-16-18-14(19-24-16)4-11-23-2/h5-6H,3-4,7-13H2,1-2H3. The number of ether oxygens (including phenoxy) is 1. The summed E-state index contributed by atoms with van der Waals surface area (Å²) in [5.41, 5.74) is 0. The van der Waals surface area contributed by atoms with Gasteiger partial charge < -0.3 is 13.8 Å². The second-order valence-corrected chi connectivity index (χ2v) is 6.03. The summed E-state index contributed by atoms with van der Waals surface area (Å²) in [4.78, 5) is 13.7. The molecule has 1 saturated heterocycles. The average Bonchev–Trinajstić information content (AvgIpc) is 3.24. The van der Waals surface area contributed by atoms with Crippen LogP contribution in [0.15, 0.2) is 16.9 Å². The molecule has 0 atom stereocenters. The van der Waals surface area contributed by atoms with E-state index in [0.717, 1.165) is 57.5 Å². The highest BCUT2D eigenvalue weighted by atomic mass is 16.5. The van der Waals surface area contributed by atoms with Crippen molar-refractivity contribution in [3.8, 4) is 0 Å². The van der Waals surface area contributed by atoms with Gasteiger partial charge in [-0.15, -0.1) is 0 Å². The molecular formula is C16H26N6O2. The molecule has 8 heteroatoms. The van der Waals surface area contributed by atoms with Gasteiger partial charge in [-0.25, -0.2) is 4.98 Å². The Morgan fingerprint density at radius 1 is 1.17 bits per heavy atom. The number of aromatic nitrogens is 4. The van der Waals surface area contributed by atoms with Crippen molar-refractivity contribution in [2.45, 2.75) is 33.0 Å². The van der Waals surface area contributed by atoms with Gasteiger partial charge in [-0.2, -0.15) is 4.98 Å². The van der Waals surface area contributed by atoms with E-state index < -0.39 is 0 Å². The van der Waals surface area contributed by atoms with Gasteiger partial charge in [0.25, 0.3) is 0 Å². The van der Waals surface area contributed by atoms with Crippen molar-refractivity contribution in [2.75, 3.05) is 39.9 Å². The van der Waals surface area contributed by atoms with Gasteiger partial charge in [0, 0.05) is 58.6 Å². The first kappa shape index (κ1) is 17.1. The fourth-order valence-electron chi connectivity index (χ4n) is 2.93. The number of methoxy groups -OCH3 is 1. The monoisotopic (exact) mass is 334 g/mol. The number of rotatable bonds is 8. The molecule has 8 nitrogen and oxygen atoms in total. The van der Waals surface area contributed by atoms with Crippen molar-refractivity contribution >= 4 is 0 Å². The van der Waals surface area contributed by atoms with Crippen LogP contribution in [0, 0.1) is 0 Å². The fourth-order valence-corrected chi connectivity index (χ4v) is 2.93. The first-order valence-electron chi connectivity index (χ1n) is 8.53. The van der Waals surface area contributed by atoms with Gasteiger partial charge in [0.2, 0.25) is 5.89 Å². The van der Waals surface area contributed by atoms with Gasteiger partial charge in [-0.1, -0.05) is 5.16 Å². The van der Waals surface area contributed by atoms with Crippen LogP contribution in [0.1, 0.15) is 24.5 Å². The molecule has 1 aliphatic heterocycles. The van der Waals surface area contributed by atoms with Gasteiger partial charge in [0.15, 0.2) is 5.82 Å². The predicted octanol–water partition coefficient (Wildman–Crippen LogP) is 0.793. The number of hydrogen-bond donors (Lipinski definition) is 0. The zero-order valence-electron chi connectivity index (χ0n) is 14.5. The van der Waals surface area contributed by atoms with E-state index in [1.54, 1.807) is 7.11 Å². The molecule has 0 bridgehead atoms. The lowest BCUT2D eigenvalue weighted by Crippen LogP contribution is -2.45. The Balaban J connectivity index is 1.44. The Labute approximate surface area is 142 Å². The maximum absolute atomic E-state index is 5.32. The molecule has 0 radical (unpaired) electrons. The molecule has 0 saturated carbocycles. The molecule has 2 aromatic rings. The van der Waals surface area contributed by atoms with Crippen molar-refractivity contribution in [3.05, 3.63) is 29.9 Å². The molecular weight excluding hydrogens is 308 g/mol. The largest absolute Gasteiger partial charge is 0.384 e. The Hall–Kier alpha value is -1.77. The highest BCUT2D eigenvalue weighted by Crippen LogP contribution is 2.10. The molecule has 3 rings (SSSR count). The van der Waals surface area contributed by atoms with Gasteiger partial charge in [0.1, 0.15) is 5.82 Å². The lowest BCUT2D eigenvalue weighted by atomic mass is 10.3. The fraction of sp³-hybridized carbons (Fsp3) is 0.688. The van der Waals surface area contributed by atoms with Crippen molar-refractivity contribution in [2.24, 2.45) is 0 Å². The van der Waals surface area contributed by atoms with E-state index in [-0.39, 0.29) is 0 Å². The normalized spacial score (nSPS) is 16.8. The summed E-state index contributed by atoms with van der Waals surface area (Å²) in [6.07, 6.45) is 4.62. The smallest absolute Gasteiger partial charge is 0.240 e. The summed E-state index contributed by atoms with van der Waals surface area (Å²) in [6, 6.07) is 0. The molecule has 0 amide bonds. The van der Waals surface area contributed by atoms with E-state index in [4.69, 9.17) is 9.26 Å². The molecule has 2 aromatic heterocycles. The quantitative estimate of drug-likeness (QED) is 0.707. The lowest BCUT2D eigenvalue weighted by Gasteiger charge is -2.33. The summed E-state index contributed by atoms with van der Waals surface area (Å²) < 4.78 is 12.6. The third kappa shape index (κ3) is 4.40. The summed E-state index contributed by atoms with van der Waals surface area (Å²) >= 11 is 0. The van der Waals surface area contributed by atoms with E-state index in [1.165, 1.54) is 0 Å². The number of nitrogens with zero attached hydrogens (tertiary/aromatic N) is 6. The van der Waals surface area contributed by atoms with Gasteiger partial charge in [0.05, 0.1) is 19.7 Å². The second-order valence-electron chi connectivity index (χ2n) is 6.03. The number of hydrogen-bond acceptors (Lipinski definition) is 7. The van der Waals surface area contributed by atoms with Crippen molar-refractivity contribution < 1.29 is 9.26 Å². The predicted molar refractivity (Wildman–Crippen MR) is 88.3 cm³/mol. The van der Waals surface area contributed by atoms with Crippen LogP contribution in [0.2, 0.25) is 0 Å². The molecule has 0 aliphatic carbocycles. The topological polar surface area (TPSA) is 72.5 Å². The van der Waals surface area contributed by atoms with Crippen molar-refractivity contribution in [1.29, 1.82) is 0 Å². The Bertz CT molecular complexity index is 618. The zero-order chi connectivity index (χ0) is 16.8. The number of imidazole rings is 1. The van der Waals surface area contributed by atoms with E-state index in [1.807, 2.05) is 12.4 Å². The van der Waals surface area contributed by atoms with Crippen LogP contribution in [0.5, 0.6) is 0 Å². The summed E-state index contributed by atoms with van der Waals surface area (Å²) in [5, 5.41) is 3.99.